The van der Waals surface area contributed by atoms with Crippen LogP contribution in [0.15, 0.2) is 79.1 Å². The zero-order valence-corrected chi connectivity index (χ0v) is 18.2. The van der Waals surface area contributed by atoms with Gasteiger partial charge in [0.2, 0.25) is 0 Å². The summed E-state index contributed by atoms with van der Waals surface area (Å²) < 4.78 is 7.39. The molecule has 7 heteroatoms. The van der Waals surface area contributed by atoms with Gasteiger partial charge < -0.3 is 20.4 Å². The number of hydrogen-bond donors (Lipinski definition) is 2. The Morgan fingerprint density at radius 1 is 1.00 bits per heavy atom. The van der Waals surface area contributed by atoms with Crippen LogP contribution in [-0.2, 0) is 13.1 Å². The van der Waals surface area contributed by atoms with Crippen LogP contribution in [0.3, 0.4) is 0 Å². The molecule has 0 saturated heterocycles. The molecule has 3 N–H and O–H groups in total. The van der Waals surface area contributed by atoms with Crippen molar-refractivity contribution in [3.63, 3.8) is 0 Å². The second kappa shape index (κ2) is 8.63. The van der Waals surface area contributed by atoms with Gasteiger partial charge in [-0.05, 0) is 47.5 Å². The Balaban J connectivity index is 1.43. The number of ether oxygens (including phenoxy) is 1. The molecule has 3 aromatic carbocycles. The number of carbonyl (C=O) groups is 1. The number of anilines is 1. The molecule has 7 nitrogen and oxygen atoms in total. The maximum atomic E-state index is 13.2. The molecule has 0 unspecified atom stereocenters. The summed E-state index contributed by atoms with van der Waals surface area (Å²) in [6.07, 6.45) is 1.44. The van der Waals surface area contributed by atoms with Crippen molar-refractivity contribution in [2.45, 2.75) is 13.1 Å². The van der Waals surface area contributed by atoms with Crippen LogP contribution in [0.5, 0.6) is 5.75 Å². The van der Waals surface area contributed by atoms with Crippen molar-refractivity contribution in [1.29, 1.82) is 0 Å². The topological polar surface area (TPSA) is 95.1 Å². The number of para-hydroxylation sites is 1. The highest BCUT2D eigenvalue weighted by molar-refractivity contribution is 5.99. The molecule has 0 saturated carbocycles. The van der Waals surface area contributed by atoms with E-state index in [0.717, 1.165) is 38.7 Å². The predicted octanol–water partition coefficient (Wildman–Crippen LogP) is 4.15. The maximum Gasteiger partial charge on any atom is 0.268 e. The first kappa shape index (κ1) is 20.5. The number of aromatic nitrogens is 3. The van der Waals surface area contributed by atoms with Gasteiger partial charge in [0.25, 0.3) is 5.91 Å². The number of nitrogens with zero attached hydrogens (tertiary/aromatic N) is 3. The molecule has 33 heavy (non-hydrogen) atoms. The van der Waals surface area contributed by atoms with Crippen molar-refractivity contribution in [2.75, 3.05) is 12.8 Å². The summed E-state index contributed by atoms with van der Waals surface area (Å²) >= 11 is 0. The van der Waals surface area contributed by atoms with E-state index in [1.807, 2.05) is 77.4 Å². The van der Waals surface area contributed by atoms with Crippen molar-refractivity contribution in [1.82, 2.24) is 19.9 Å². The number of amides is 1. The Bertz CT molecular complexity index is 1470. The molecule has 164 valence electrons. The van der Waals surface area contributed by atoms with Gasteiger partial charge in [-0.25, -0.2) is 9.97 Å². The zero-order valence-electron chi connectivity index (χ0n) is 18.2. The van der Waals surface area contributed by atoms with Gasteiger partial charge >= 0.3 is 0 Å². The molecular weight excluding hydrogens is 414 g/mol. The van der Waals surface area contributed by atoms with E-state index in [-0.39, 0.29) is 5.91 Å². The number of nitrogens with one attached hydrogen (secondary N) is 1. The highest BCUT2D eigenvalue weighted by Crippen LogP contribution is 2.23. The number of nitrogens with two attached hydrogens (primary N) is 1. The average molecular weight is 438 g/mol. The van der Waals surface area contributed by atoms with Gasteiger partial charge in [-0.15, -0.1) is 0 Å². The number of carbonyl (C=O) groups excluding carboxylic acids is 1. The number of methoxy groups -OCH3 is 1. The minimum Gasteiger partial charge on any atom is -0.497 e. The lowest BCUT2D eigenvalue weighted by Crippen LogP contribution is -2.25. The van der Waals surface area contributed by atoms with Crippen LogP contribution < -0.4 is 15.8 Å². The van der Waals surface area contributed by atoms with E-state index in [4.69, 9.17) is 10.5 Å². The SMILES string of the molecule is COc1cccc(Cn2c(C(=O)NCc3ccc4c(N)ncnc4c3)cc3ccccc32)c1. The number of benzene rings is 3. The fourth-order valence-corrected chi connectivity index (χ4v) is 4.03. The van der Waals surface area contributed by atoms with Gasteiger partial charge in [-0.2, -0.15) is 0 Å². The van der Waals surface area contributed by atoms with Crippen molar-refractivity contribution >= 4 is 33.5 Å². The molecule has 0 spiro atoms. The summed E-state index contributed by atoms with van der Waals surface area (Å²) in [6, 6.07) is 23.5. The van der Waals surface area contributed by atoms with E-state index in [1.54, 1.807) is 7.11 Å². The Morgan fingerprint density at radius 3 is 2.76 bits per heavy atom. The molecule has 0 radical (unpaired) electrons. The largest absolute Gasteiger partial charge is 0.497 e. The summed E-state index contributed by atoms with van der Waals surface area (Å²) in [5.41, 5.74) is 10.3. The van der Waals surface area contributed by atoms with Crippen molar-refractivity contribution < 1.29 is 9.53 Å². The molecule has 5 aromatic rings. The fraction of sp³-hybridized carbons (Fsp3) is 0.115. The Hall–Kier alpha value is -4.39. The molecule has 0 bridgehead atoms. The molecule has 0 aliphatic rings. The lowest BCUT2D eigenvalue weighted by molar-refractivity contribution is 0.0942. The average Bonchev–Trinajstić information content (AvgIpc) is 3.21. The lowest BCUT2D eigenvalue weighted by atomic mass is 10.1. The van der Waals surface area contributed by atoms with Gasteiger partial charge in [-0.3, -0.25) is 4.79 Å². The number of hydrogen-bond acceptors (Lipinski definition) is 5. The summed E-state index contributed by atoms with van der Waals surface area (Å²) in [4.78, 5) is 21.5. The molecule has 2 aromatic heterocycles. The van der Waals surface area contributed by atoms with Crippen molar-refractivity contribution in [3.8, 4) is 5.75 Å². The van der Waals surface area contributed by atoms with E-state index in [9.17, 15) is 4.79 Å². The van der Waals surface area contributed by atoms with Crippen LogP contribution in [0.1, 0.15) is 21.6 Å². The van der Waals surface area contributed by atoms with Crippen LogP contribution in [0.2, 0.25) is 0 Å². The molecule has 2 heterocycles. The van der Waals surface area contributed by atoms with Crippen molar-refractivity contribution in [3.05, 3.63) is 95.9 Å². The molecule has 0 aliphatic carbocycles. The van der Waals surface area contributed by atoms with Crippen LogP contribution >= 0.6 is 0 Å². The third kappa shape index (κ3) is 4.08. The minimum atomic E-state index is -0.142. The second-order valence-corrected chi connectivity index (χ2v) is 7.82. The van der Waals surface area contributed by atoms with Crippen LogP contribution in [0.4, 0.5) is 5.82 Å². The number of nitrogen functional groups attached to an aromatic ring is 1. The predicted molar refractivity (Wildman–Crippen MR) is 129 cm³/mol. The molecule has 0 atom stereocenters. The first-order valence-electron chi connectivity index (χ1n) is 10.6. The van der Waals surface area contributed by atoms with Gasteiger partial charge in [0, 0.05) is 29.4 Å². The van der Waals surface area contributed by atoms with Crippen LogP contribution in [-0.4, -0.2) is 27.6 Å². The van der Waals surface area contributed by atoms with E-state index in [0.29, 0.717) is 24.6 Å². The van der Waals surface area contributed by atoms with E-state index < -0.39 is 0 Å². The molecular formula is C26H23N5O2. The monoisotopic (exact) mass is 437 g/mol. The highest BCUT2D eigenvalue weighted by Gasteiger charge is 2.16. The number of fused-ring (bicyclic) bond motifs is 2. The Kier molecular flexibility index (Phi) is 5.36. The third-order valence-corrected chi connectivity index (χ3v) is 5.70. The quantitative estimate of drug-likeness (QED) is 0.416. The summed E-state index contributed by atoms with van der Waals surface area (Å²) in [5, 5.41) is 4.86. The second-order valence-electron chi connectivity index (χ2n) is 7.82. The lowest BCUT2D eigenvalue weighted by Gasteiger charge is -2.12. The zero-order chi connectivity index (χ0) is 22.8. The summed E-state index contributed by atoms with van der Waals surface area (Å²) in [5.74, 6) is 1.09. The van der Waals surface area contributed by atoms with E-state index in [2.05, 4.69) is 15.3 Å². The number of rotatable bonds is 6. The van der Waals surface area contributed by atoms with Crippen LogP contribution in [0.25, 0.3) is 21.8 Å². The first-order valence-corrected chi connectivity index (χ1v) is 10.6. The van der Waals surface area contributed by atoms with Gasteiger partial charge in [0.1, 0.15) is 23.6 Å². The maximum absolute atomic E-state index is 13.2. The van der Waals surface area contributed by atoms with E-state index in [1.165, 1.54) is 6.33 Å². The normalized spacial score (nSPS) is 11.1. The molecule has 5 rings (SSSR count). The van der Waals surface area contributed by atoms with E-state index >= 15 is 0 Å². The van der Waals surface area contributed by atoms with Gasteiger partial charge in [0.05, 0.1) is 12.6 Å². The molecule has 0 aliphatic heterocycles. The first-order chi connectivity index (χ1) is 16.1. The van der Waals surface area contributed by atoms with Gasteiger partial charge in [-0.1, -0.05) is 36.4 Å². The third-order valence-electron chi connectivity index (χ3n) is 5.70. The Morgan fingerprint density at radius 2 is 1.88 bits per heavy atom. The van der Waals surface area contributed by atoms with Gasteiger partial charge in [0.15, 0.2) is 0 Å². The molecule has 0 fully saturated rings. The minimum absolute atomic E-state index is 0.142. The highest BCUT2D eigenvalue weighted by atomic mass is 16.5. The standard InChI is InChI=1S/C26H23N5O2/c1-33-20-7-4-5-18(11-20)15-31-23-8-3-2-6-19(23)13-24(31)26(32)28-14-17-9-10-21-22(12-17)29-16-30-25(21)27/h2-13,16H,14-15H2,1H3,(H,28,32)(H2,27,29,30). The smallest absolute Gasteiger partial charge is 0.268 e. The summed E-state index contributed by atoms with van der Waals surface area (Å²) in [6.45, 7) is 0.930. The van der Waals surface area contributed by atoms with Crippen molar-refractivity contribution in [2.24, 2.45) is 0 Å². The fourth-order valence-electron chi connectivity index (χ4n) is 4.03. The Labute approximate surface area is 190 Å². The van der Waals surface area contributed by atoms with Crippen LogP contribution in [0, 0.1) is 0 Å². The summed E-state index contributed by atoms with van der Waals surface area (Å²) in [7, 11) is 1.65. The molecule has 1 amide bonds.